The predicted molar refractivity (Wildman–Crippen MR) is 90.8 cm³/mol. The molecular formula is C18H23ClN2O3. The Morgan fingerprint density at radius 2 is 2.08 bits per heavy atom. The van der Waals surface area contributed by atoms with Gasteiger partial charge in [0.05, 0.1) is 5.56 Å². The summed E-state index contributed by atoms with van der Waals surface area (Å²) >= 11 is 5.69. The van der Waals surface area contributed by atoms with Gasteiger partial charge in [-0.05, 0) is 42.2 Å². The summed E-state index contributed by atoms with van der Waals surface area (Å²) in [5, 5.41) is 0.308. The topological polar surface area (TPSA) is 59.5 Å². The predicted octanol–water partition coefficient (Wildman–Crippen LogP) is 3.32. The third-order valence-electron chi connectivity index (χ3n) is 5.02. The maximum Gasteiger partial charge on any atom is 0.340 e. The molecule has 2 bridgehead atoms. The van der Waals surface area contributed by atoms with Crippen molar-refractivity contribution >= 4 is 23.5 Å². The van der Waals surface area contributed by atoms with Crippen LogP contribution in [0.25, 0.3) is 0 Å². The fourth-order valence-corrected chi connectivity index (χ4v) is 4.65. The second-order valence-corrected chi connectivity index (χ2v) is 8.57. The summed E-state index contributed by atoms with van der Waals surface area (Å²) in [6.45, 7) is 7.30. The molecule has 5 nitrogen and oxygen atoms in total. The lowest BCUT2D eigenvalue weighted by Gasteiger charge is -2.39. The van der Waals surface area contributed by atoms with Crippen molar-refractivity contribution in [3.8, 4) is 0 Å². The average Bonchev–Trinajstić information content (AvgIpc) is 2.74. The maximum atomic E-state index is 12.5. The SMILES string of the molecule is CC1(C)CC2CC(C)(CN2C(=O)COC(=O)c2ccc(Cl)nc2)C1. The molecule has 1 aliphatic heterocycles. The minimum atomic E-state index is -0.554. The van der Waals surface area contributed by atoms with Crippen LogP contribution in [0.1, 0.15) is 50.4 Å². The summed E-state index contributed by atoms with van der Waals surface area (Å²) in [5.74, 6) is -0.669. The highest BCUT2D eigenvalue weighted by atomic mass is 35.5. The first-order chi connectivity index (χ1) is 11.2. The van der Waals surface area contributed by atoms with Gasteiger partial charge in [0, 0.05) is 18.8 Å². The lowest BCUT2D eigenvalue weighted by molar-refractivity contribution is -0.135. The molecular weight excluding hydrogens is 328 g/mol. The molecule has 0 aromatic carbocycles. The number of hydrogen-bond donors (Lipinski definition) is 0. The van der Waals surface area contributed by atoms with Crippen LogP contribution in [-0.4, -0.2) is 41.0 Å². The number of rotatable bonds is 3. The van der Waals surface area contributed by atoms with Crippen LogP contribution in [0, 0.1) is 10.8 Å². The summed E-state index contributed by atoms with van der Waals surface area (Å²) in [5.41, 5.74) is 0.713. The zero-order valence-corrected chi connectivity index (χ0v) is 15.1. The third-order valence-corrected chi connectivity index (χ3v) is 5.25. The Hall–Kier alpha value is -1.62. The highest BCUT2D eigenvalue weighted by Crippen LogP contribution is 2.52. The number of pyridine rings is 1. The maximum absolute atomic E-state index is 12.5. The van der Waals surface area contributed by atoms with Crippen molar-refractivity contribution in [3.63, 3.8) is 0 Å². The molecule has 2 atom stereocenters. The van der Waals surface area contributed by atoms with E-state index in [0.29, 0.717) is 10.7 Å². The monoisotopic (exact) mass is 350 g/mol. The van der Waals surface area contributed by atoms with E-state index in [0.717, 1.165) is 25.8 Å². The number of amides is 1. The summed E-state index contributed by atoms with van der Waals surface area (Å²) < 4.78 is 5.16. The number of carbonyl (C=O) groups excluding carboxylic acids is 2. The highest BCUT2D eigenvalue weighted by Gasteiger charge is 2.50. The lowest BCUT2D eigenvalue weighted by Crippen LogP contribution is -2.39. The molecule has 1 saturated heterocycles. The van der Waals surface area contributed by atoms with E-state index in [2.05, 4.69) is 25.8 Å². The van der Waals surface area contributed by atoms with E-state index >= 15 is 0 Å². The normalized spacial score (nSPS) is 27.8. The first-order valence-corrected chi connectivity index (χ1v) is 8.64. The third kappa shape index (κ3) is 3.56. The molecule has 1 amide bonds. The molecule has 2 aliphatic rings. The molecule has 1 aliphatic carbocycles. The van der Waals surface area contributed by atoms with E-state index < -0.39 is 5.97 Å². The zero-order valence-electron chi connectivity index (χ0n) is 14.3. The second kappa shape index (κ2) is 6.03. The Balaban J connectivity index is 1.60. The second-order valence-electron chi connectivity index (χ2n) is 8.18. The molecule has 2 heterocycles. The van der Waals surface area contributed by atoms with Crippen molar-refractivity contribution in [3.05, 3.63) is 29.0 Å². The van der Waals surface area contributed by atoms with E-state index in [1.165, 1.54) is 18.3 Å². The molecule has 0 spiro atoms. The number of halogens is 1. The van der Waals surface area contributed by atoms with Crippen LogP contribution < -0.4 is 0 Å². The molecule has 130 valence electrons. The van der Waals surface area contributed by atoms with E-state index in [4.69, 9.17) is 16.3 Å². The number of ether oxygens (including phenoxy) is 1. The van der Waals surface area contributed by atoms with Gasteiger partial charge in [0.2, 0.25) is 0 Å². The van der Waals surface area contributed by atoms with Gasteiger partial charge in [-0.25, -0.2) is 9.78 Å². The quantitative estimate of drug-likeness (QED) is 0.619. The minimum absolute atomic E-state index is 0.114. The van der Waals surface area contributed by atoms with Gasteiger partial charge >= 0.3 is 5.97 Å². The van der Waals surface area contributed by atoms with E-state index in [1.807, 2.05) is 4.90 Å². The smallest absolute Gasteiger partial charge is 0.340 e. The van der Waals surface area contributed by atoms with E-state index in [-0.39, 0.29) is 29.4 Å². The number of fused-ring (bicyclic) bond motifs is 2. The number of likely N-dealkylation sites (tertiary alicyclic amines) is 1. The highest BCUT2D eigenvalue weighted by molar-refractivity contribution is 6.29. The van der Waals surface area contributed by atoms with Crippen LogP contribution in [0.3, 0.4) is 0 Å². The van der Waals surface area contributed by atoms with Crippen molar-refractivity contribution in [2.24, 2.45) is 10.8 Å². The molecule has 1 aromatic rings. The Kier molecular flexibility index (Phi) is 4.32. The van der Waals surface area contributed by atoms with Gasteiger partial charge in [-0.1, -0.05) is 32.4 Å². The van der Waals surface area contributed by atoms with E-state index in [1.54, 1.807) is 0 Å². The average molecular weight is 351 g/mol. The number of hydrogen-bond acceptors (Lipinski definition) is 4. The lowest BCUT2D eigenvalue weighted by atomic mass is 9.65. The largest absolute Gasteiger partial charge is 0.452 e. The van der Waals surface area contributed by atoms with Crippen LogP contribution in [0.15, 0.2) is 18.3 Å². The molecule has 2 unspecified atom stereocenters. The minimum Gasteiger partial charge on any atom is -0.452 e. The van der Waals surface area contributed by atoms with Crippen molar-refractivity contribution in [2.45, 2.75) is 46.1 Å². The summed E-state index contributed by atoms with van der Waals surface area (Å²) in [7, 11) is 0. The molecule has 1 aromatic heterocycles. The summed E-state index contributed by atoms with van der Waals surface area (Å²) in [6.07, 6.45) is 4.51. The van der Waals surface area contributed by atoms with Gasteiger partial charge in [-0.15, -0.1) is 0 Å². The zero-order chi connectivity index (χ0) is 17.5. The van der Waals surface area contributed by atoms with Crippen LogP contribution in [-0.2, 0) is 9.53 Å². The fourth-order valence-electron chi connectivity index (χ4n) is 4.54. The van der Waals surface area contributed by atoms with Gasteiger partial charge in [0.25, 0.3) is 5.91 Å². The van der Waals surface area contributed by atoms with Crippen molar-refractivity contribution in [1.29, 1.82) is 0 Å². The number of nitrogens with zero attached hydrogens (tertiary/aromatic N) is 2. The molecule has 1 saturated carbocycles. The Bertz CT molecular complexity index is 659. The molecule has 6 heteroatoms. The number of aromatic nitrogens is 1. The molecule has 0 N–H and O–H groups in total. The van der Waals surface area contributed by atoms with Crippen LogP contribution >= 0.6 is 11.6 Å². The Morgan fingerprint density at radius 3 is 2.75 bits per heavy atom. The molecule has 24 heavy (non-hydrogen) atoms. The standard InChI is InChI=1S/C18H23ClN2O3/c1-17(2)6-13-7-18(3,10-17)11-21(13)15(22)9-24-16(23)12-4-5-14(19)20-8-12/h4-5,8,13H,6-7,9-11H2,1-3H3. The van der Waals surface area contributed by atoms with Crippen molar-refractivity contribution in [2.75, 3.05) is 13.2 Å². The Morgan fingerprint density at radius 1 is 1.33 bits per heavy atom. The van der Waals surface area contributed by atoms with Crippen LogP contribution in [0.5, 0.6) is 0 Å². The summed E-state index contributed by atoms with van der Waals surface area (Å²) in [6, 6.07) is 3.31. The van der Waals surface area contributed by atoms with E-state index in [9.17, 15) is 9.59 Å². The van der Waals surface area contributed by atoms with Gasteiger partial charge < -0.3 is 9.64 Å². The fraction of sp³-hybridized carbons (Fsp3) is 0.611. The Labute approximate surface area is 147 Å². The van der Waals surface area contributed by atoms with Crippen LogP contribution in [0.2, 0.25) is 5.15 Å². The van der Waals surface area contributed by atoms with Gasteiger partial charge in [0.1, 0.15) is 5.15 Å². The number of esters is 1. The first kappa shape index (κ1) is 17.2. The summed E-state index contributed by atoms with van der Waals surface area (Å²) in [4.78, 5) is 30.3. The van der Waals surface area contributed by atoms with Crippen molar-refractivity contribution < 1.29 is 14.3 Å². The van der Waals surface area contributed by atoms with Gasteiger partial charge in [-0.2, -0.15) is 0 Å². The molecule has 0 radical (unpaired) electrons. The van der Waals surface area contributed by atoms with Crippen molar-refractivity contribution in [1.82, 2.24) is 9.88 Å². The van der Waals surface area contributed by atoms with Gasteiger partial charge in [0.15, 0.2) is 6.61 Å². The van der Waals surface area contributed by atoms with Crippen LogP contribution in [0.4, 0.5) is 0 Å². The molecule has 3 rings (SSSR count). The number of carbonyl (C=O) groups is 2. The molecule has 2 fully saturated rings. The first-order valence-electron chi connectivity index (χ1n) is 8.26. The van der Waals surface area contributed by atoms with Gasteiger partial charge in [-0.3, -0.25) is 4.79 Å².